The van der Waals surface area contributed by atoms with Crippen molar-refractivity contribution in [3.63, 3.8) is 0 Å². The van der Waals surface area contributed by atoms with Gasteiger partial charge in [-0.15, -0.1) is 10.2 Å². The number of pyridine rings is 2. The fraction of sp³-hybridized carbons (Fsp3) is 0.350. The summed E-state index contributed by atoms with van der Waals surface area (Å²) >= 11 is 0. The Kier molecular flexibility index (Phi) is 5.03. The molecule has 1 aliphatic heterocycles. The maximum atomic E-state index is 15.6. The fourth-order valence-electron chi connectivity index (χ4n) is 3.78. The average Bonchev–Trinajstić information content (AvgIpc) is 3.21. The number of alkyl halides is 1. The van der Waals surface area contributed by atoms with Crippen LogP contribution in [0.3, 0.4) is 0 Å². The van der Waals surface area contributed by atoms with E-state index in [4.69, 9.17) is 4.74 Å². The number of nitriles is 1. The Labute approximate surface area is 171 Å². The van der Waals surface area contributed by atoms with E-state index in [2.05, 4.69) is 26.2 Å². The van der Waals surface area contributed by atoms with Gasteiger partial charge in [-0.2, -0.15) is 9.65 Å². The third-order valence-corrected chi connectivity index (χ3v) is 5.34. The van der Waals surface area contributed by atoms with E-state index in [0.29, 0.717) is 35.8 Å². The van der Waals surface area contributed by atoms with Crippen LogP contribution < -0.4 is 9.64 Å². The van der Waals surface area contributed by atoms with Crippen LogP contribution in [0.25, 0.3) is 11.3 Å². The first-order valence-corrected chi connectivity index (χ1v) is 9.34. The summed E-state index contributed by atoms with van der Waals surface area (Å²) < 4.78 is 35.8. The van der Waals surface area contributed by atoms with E-state index < -0.39 is 11.6 Å². The van der Waals surface area contributed by atoms with Gasteiger partial charge < -0.3 is 14.2 Å². The molecule has 0 aliphatic carbocycles. The van der Waals surface area contributed by atoms with Gasteiger partial charge in [0.05, 0.1) is 24.7 Å². The molecule has 154 valence electrons. The first-order valence-electron chi connectivity index (χ1n) is 9.34. The first kappa shape index (κ1) is 19.7. The SMILES string of the molecule is COc1cnc(-c2ccc(F)nc2)c(N2CCC(F)(c3nncn3C)CC2)c1C#N. The number of methoxy groups -OCH3 is 1. The standard InChI is InChI=1S/C20H19F2N7O/c1-28-12-26-27-19(28)20(22)5-7-29(8-6-20)18-14(9-23)15(30-2)11-25-17(18)13-3-4-16(21)24-10-13/h3-4,10-12H,5-8H2,1-2H3. The Hall–Kier alpha value is -3.61. The maximum Gasteiger partial charge on any atom is 0.212 e. The zero-order chi connectivity index (χ0) is 21.3. The first-order chi connectivity index (χ1) is 14.5. The average molecular weight is 411 g/mol. The molecule has 0 aromatic carbocycles. The lowest BCUT2D eigenvalue weighted by atomic mass is 9.91. The van der Waals surface area contributed by atoms with Crippen molar-refractivity contribution in [1.82, 2.24) is 24.7 Å². The van der Waals surface area contributed by atoms with Crippen molar-refractivity contribution in [1.29, 1.82) is 5.26 Å². The number of aromatic nitrogens is 5. The van der Waals surface area contributed by atoms with Crippen molar-refractivity contribution >= 4 is 5.69 Å². The minimum absolute atomic E-state index is 0.169. The van der Waals surface area contributed by atoms with Gasteiger partial charge in [-0.3, -0.25) is 4.98 Å². The quantitative estimate of drug-likeness (QED) is 0.610. The third kappa shape index (κ3) is 3.32. The smallest absolute Gasteiger partial charge is 0.212 e. The lowest BCUT2D eigenvalue weighted by Gasteiger charge is -2.37. The van der Waals surface area contributed by atoms with E-state index in [1.807, 2.05) is 4.90 Å². The molecule has 0 spiro atoms. The molecule has 4 rings (SSSR count). The number of ether oxygens (including phenoxy) is 1. The summed E-state index contributed by atoms with van der Waals surface area (Å²) in [5.74, 6) is -0.00994. The number of nitrogens with zero attached hydrogens (tertiary/aromatic N) is 7. The van der Waals surface area contributed by atoms with Gasteiger partial charge in [0.25, 0.3) is 0 Å². The number of hydrogen-bond acceptors (Lipinski definition) is 7. The van der Waals surface area contributed by atoms with Crippen LogP contribution in [0.4, 0.5) is 14.5 Å². The largest absolute Gasteiger partial charge is 0.494 e. The summed E-state index contributed by atoms with van der Waals surface area (Å²) in [7, 11) is 3.17. The monoisotopic (exact) mass is 411 g/mol. The molecule has 0 amide bonds. The Bertz CT molecular complexity index is 1100. The van der Waals surface area contributed by atoms with Crippen LogP contribution in [-0.4, -0.2) is 44.9 Å². The molecule has 10 heteroatoms. The summed E-state index contributed by atoms with van der Waals surface area (Å²) in [5, 5.41) is 17.5. The molecule has 8 nitrogen and oxygen atoms in total. The lowest BCUT2D eigenvalue weighted by molar-refractivity contribution is 0.109. The van der Waals surface area contributed by atoms with Crippen LogP contribution in [0.1, 0.15) is 24.2 Å². The maximum absolute atomic E-state index is 15.6. The second-order valence-electron chi connectivity index (χ2n) is 7.10. The zero-order valence-electron chi connectivity index (χ0n) is 16.5. The molecule has 0 N–H and O–H groups in total. The van der Waals surface area contributed by atoms with Gasteiger partial charge in [0.1, 0.15) is 18.0 Å². The second kappa shape index (κ2) is 7.67. The van der Waals surface area contributed by atoms with Crippen molar-refractivity contribution in [3.05, 3.63) is 48.2 Å². The molecule has 30 heavy (non-hydrogen) atoms. The number of piperidine rings is 1. The van der Waals surface area contributed by atoms with Gasteiger partial charge in [0.2, 0.25) is 5.95 Å². The number of hydrogen-bond donors (Lipinski definition) is 0. The van der Waals surface area contributed by atoms with E-state index in [1.54, 1.807) is 17.7 Å². The van der Waals surface area contributed by atoms with Gasteiger partial charge in [0, 0.05) is 44.7 Å². The van der Waals surface area contributed by atoms with Crippen LogP contribution in [0.2, 0.25) is 0 Å². The van der Waals surface area contributed by atoms with Gasteiger partial charge in [0.15, 0.2) is 17.2 Å². The van der Waals surface area contributed by atoms with Crippen molar-refractivity contribution < 1.29 is 13.5 Å². The molecular formula is C20H19F2N7O. The van der Waals surface area contributed by atoms with Crippen LogP contribution in [0.15, 0.2) is 30.9 Å². The van der Waals surface area contributed by atoms with Crippen LogP contribution in [0.5, 0.6) is 5.75 Å². The molecule has 0 atom stereocenters. The molecule has 3 aromatic rings. The highest BCUT2D eigenvalue weighted by molar-refractivity contribution is 5.81. The van der Waals surface area contributed by atoms with Gasteiger partial charge in [-0.1, -0.05) is 0 Å². The summed E-state index contributed by atoms with van der Waals surface area (Å²) in [4.78, 5) is 10.0. The predicted molar refractivity (Wildman–Crippen MR) is 104 cm³/mol. The van der Waals surface area contributed by atoms with E-state index in [9.17, 15) is 9.65 Å². The Morgan fingerprint density at radius 3 is 2.53 bits per heavy atom. The highest BCUT2D eigenvalue weighted by atomic mass is 19.1. The summed E-state index contributed by atoms with van der Waals surface area (Å²) in [6.45, 7) is 0.656. The van der Waals surface area contributed by atoms with Crippen molar-refractivity contribution in [2.24, 2.45) is 7.05 Å². The third-order valence-electron chi connectivity index (χ3n) is 5.34. The summed E-state index contributed by atoms with van der Waals surface area (Å²) in [6, 6.07) is 4.95. The van der Waals surface area contributed by atoms with Crippen LogP contribution in [0, 0.1) is 17.3 Å². The Balaban J connectivity index is 1.74. The fourth-order valence-corrected chi connectivity index (χ4v) is 3.78. The van der Waals surface area contributed by atoms with Gasteiger partial charge >= 0.3 is 0 Å². The van der Waals surface area contributed by atoms with E-state index in [0.717, 1.165) is 0 Å². The van der Waals surface area contributed by atoms with Crippen LogP contribution >= 0.6 is 0 Å². The number of anilines is 1. The van der Waals surface area contributed by atoms with Crippen molar-refractivity contribution in [2.75, 3.05) is 25.1 Å². The highest BCUT2D eigenvalue weighted by Crippen LogP contribution is 2.42. The van der Waals surface area contributed by atoms with Crippen molar-refractivity contribution in [3.8, 4) is 23.1 Å². The second-order valence-corrected chi connectivity index (χ2v) is 7.10. The normalized spacial score (nSPS) is 15.6. The minimum atomic E-state index is -1.61. The lowest BCUT2D eigenvalue weighted by Crippen LogP contribution is -2.42. The molecule has 4 heterocycles. The number of halogens is 2. The van der Waals surface area contributed by atoms with E-state index >= 15 is 4.39 Å². The number of rotatable bonds is 4. The molecule has 3 aromatic heterocycles. The zero-order valence-corrected chi connectivity index (χ0v) is 16.5. The Morgan fingerprint density at radius 1 is 1.20 bits per heavy atom. The molecule has 1 saturated heterocycles. The van der Waals surface area contributed by atoms with E-state index in [-0.39, 0.29) is 24.2 Å². The Morgan fingerprint density at radius 2 is 1.97 bits per heavy atom. The minimum Gasteiger partial charge on any atom is -0.494 e. The molecule has 0 radical (unpaired) electrons. The molecule has 0 saturated carbocycles. The predicted octanol–water partition coefficient (Wildman–Crippen LogP) is 2.76. The van der Waals surface area contributed by atoms with Crippen molar-refractivity contribution in [2.45, 2.75) is 18.5 Å². The molecular weight excluding hydrogens is 392 g/mol. The molecule has 0 unspecified atom stereocenters. The summed E-state index contributed by atoms with van der Waals surface area (Å²) in [6.07, 6.45) is 4.62. The topological polar surface area (TPSA) is 92.8 Å². The van der Waals surface area contributed by atoms with Gasteiger partial charge in [-0.25, -0.2) is 9.37 Å². The molecule has 0 bridgehead atoms. The van der Waals surface area contributed by atoms with Gasteiger partial charge in [-0.05, 0) is 12.1 Å². The number of aryl methyl sites for hydroxylation is 1. The van der Waals surface area contributed by atoms with Crippen LogP contribution in [-0.2, 0) is 12.7 Å². The molecule has 1 fully saturated rings. The van der Waals surface area contributed by atoms with E-state index in [1.165, 1.54) is 31.9 Å². The summed E-state index contributed by atoms with van der Waals surface area (Å²) in [5.41, 5.74) is 0.209. The molecule has 1 aliphatic rings. The highest BCUT2D eigenvalue weighted by Gasteiger charge is 2.41.